The van der Waals surface area contributed by atoms with Crippen molar-refractivity contribution in [3.05, 3.63) is 66.2 Å². The van der Waals surface area contributed by atoms with Crippen LogP contribution in [-0.4, -0.2) is 64.9 Å². The summed E-state index contributed by atoms with van der Waals surface area (Å²) in [6.07, 6.45) is 1.87. The van der Waals surface area contributed by atoms with E-state index < -0.39 is 18.1 Å². The number of carboxylic acid groups (broad SMARTS) is 1. The molecule has 7 heteroatoms. The minimum atomic E-state index is -0.981. The summed E-state index contributed by atoms with van der Waals surface area (Å²) in [7, 11) is 1.61. The van der Waals surface area contributed by atoms with Crippen molar-refractivity contribution in [2.24, 2.45) is 0 Å². The first kappa shape index (κ1) is 22.3. The van der Waals surface area contributed by atoms with Crippen LogP contribution >= 0.6 is 0 Å². The number of carbonyl (C=O) groups excluding carboxylic acids is 2. The molecule has 1 saturated heterocycles. The van der Waals surface area contributed by atoms with E-state index >= 15 is 0 Å². The Morgan fingerprint density at radius 1 is 1.10 bits per heavy atom. The maximum Gasteiger partial charge on any atom is 0.326 e. The maximum absolute atomic E-state index is 13.1. The van der Waals surface area contributed by atoms with Gasteiger partial charge in [-0.3, -0.25) is 4.79 Å². The number of urea groups is 1. The highest BCUT2D eigenvalue weighted by Gasteiger charge is 2.35. The van der Waals surface area contributed by atoms with Crippen molar-refractivity contribution < 1.29 is 19.5 Å². The predicted octanol–water partition coefficient (Wildman–Crippen LogP) is 3.27. The van der Waals surface area contributed by atoms with Crippen LogP contribution in [0.1, 0.15) is 24.8 Å². The van der Waals surface area contributed by atoms with Crippen molar-refractivity contribution in [2.75, 3.05) is 25.5 Å². The average molecular weight is 424 g/mol. The number of benzene rings is 2. The molecular formula is C24H29N3O4. The molecule has 2 atom stereocenters. The SMILES string of the molecule is CN(CCC(=O)C(Cc1ccccc1)Nc1ccccc1)C(=O)N1CCC[C@H]1C(=O)O. The minimum absolute atomic E-state index is 0.00330. The summed E-state index contributed by atoms with van der Waals surface area (Å²) in [4.78, 5) is 39.9. The Morgan fingerprint density at radius 2 is 1.74 bits per heavy atom. The van der Waals surface area contributed by atoms with Crippen molar-refractivity contribution >= 4 is 23.5 Å². The van der Waals surface area contributed by atoms with E-state index in [-0.39, 0.29) is 24.8 Å². The Labute approximate surface area is 182 Å². The van der Waals surface area contributed by atoms with Gasteiger partial charge in [0.25, 0.3) is 0 Å². The largest absolute Gasteiger partial charge is 0.480 e. The van der Waals surface area contributed by atoms with Crippen LogP contribution in [0.2, 0.25) is 0 Å². The molecule has 7 nitrogen and oxygen atoms in total. The van der Waals surface area contributed by atoms with Crippen LogP contribution in [0.25, 0.3) is 0 Å². The molecule has 0 saturated carbocycles. The average Bonchev–Trinajstić information content (AvgIpc) is 3.28. The summed E-state index contributed by atoms with van der Waals surface area (Å²) in [6, 6.07) is 17.8. The van der Waals surface area contributed by atoms with Crippen LogP contribution in [0.3, 0.4) is 0 Å². The van der Waals surface area contributed by atoms with E-state index in [0.29, 0.717) is 25.8 Å². The summed E-state index contributed by atoms with van der Waals surface area (Å²) in [5.41, 5.74) is 1.91. The number of anilines is 1. The minimum Gasteiger partial charge on any atom is -0.480 e. The second-order valence-corrected chi connectivity index (χ2v) is 7.86. The molecule has 2 aromatic rings. The molecule has 2 N–H and O–H groups in total. The summed E-state index contributed by atoms with van der Waals surface area (Å²) in [5, 5.41) is 12.6. The summed E-state index contributed by atoms with van der Waals surface area (Å²) in [5.74, 6) is -0.978. The third kappa shape index (κ3) is 6.07. The number of ketones is 1. The molecule has 3 rings (SSSR count). The number of carboxylic acids is 1. The van der Waals surface area contributed by atoms with Crippen LogP contribution in [0, 0.1) is 0 Å². The monoisotopic (exact) mass is 423 g/mol. The normalized spacial score (nSPS) is 16.5. The lowest BCUT2D eigenvalue weighted by atomic mass is 10.00. The third-order valence-electron chi connectivity index (χ3n) is 5.59. The molecule has 0 aliphatic carbocycles. The van der Waals surface area contributed by atoms with Gasteiger partial charge in [-0.05, 0) is 37.0 Å². The molecule has 1 aliphatic rings. The number of hydrogen-bond donors (Lipinski definition) is 2. The van der Waals surface area contributed by atoms with Gasteiger partial charge in [-0.1, -0.05) is 48.5 Å². The van der Waals surface area contributed by atoms with Crippen molar-refractivity contribution in [3.8, 4) is 0 Å². The molecule has 31 heavy (non-hydrogen) atoms. The van der Waals surface area contributed by atoms with Gasteiger partial charge in [0.2, 0.25) is 0 Å². The molecular weight excluding hydrogens is 394 g/mol. The number of carbonyl (C=O) groups is 3. The highest BCUT2D eigenvalue weighted by molar-refractivity contribution is 5.88. The lowest BCUT2D eigenvalue weighted by molar-refractivity contribution is -0.141. The molecule has 2 aromatic carbocycles. The van der Waals surface area contributed by atoms with E-state index in [2.05, 4.69) is 5.32 Å². The molecule has 2 amide bonds. The number of hydrogen-bond acceptors (Lipinski definition) is 4. The molecule has 1 heterocycles. The predicted molar refractivity (Wildman–Crippen MR) is 119 cm³/mol. The van der Waals surface area contributed by atoms with Gasteiger partial charge in [0, 0.05) is 32.2 Å². The van der Waals surface area contributed by atoms with E-state index in [1.165, 1.54) is 9.80 Å². The molecule has 164 valence electrons. The molecule has 0 spiro atoms. The first-order chi connectivity index (χ1) is 15.0. The van der Waals surface area contributed by atoms with Gasteiger partial charge in [-0.15, -0.1) is 0 Å². The first-order valence-electron chi connectivity index (χ1n) is 10.6. The van der Waals surface area contributed by atoms with E-state index in [1.54, 1.807) is 7.05 Å². The summed E-state index contributed by atoms with van der Waals surface area (Å²) in [6.45, 7) is 0.669. The number of aliphatic carboxylic acids is 1. The van der Waals surface area contributed by atoms with Crippen LogP contribution in [0.15, 0.2) is 60.7 Å². The summed E-state index contributed by atoms with van der Waals surface area (Å²) >= 11 is 0. The van der Waals surface area contributed by atoms with Crippen molar-refractivity contribution in [1.29, 1.82) is 0 Å². The van der Waals surface area contributed by atoms with Crippen molar-refractivity contribution in [1.82, 2.24) is 9.80 Å². The Morgan fingerprint density at radius 3 is 2.39 bits per heavy atom. The zero-order chi connectivity index (χ0) is 22.2. The number of amides is 2. The number of rotatable bonds is 9. The van der Waals surface area contributed by atoms with Gasteiger partial charge >= 0.3 is 12.0 Å². The van der Waals surface area contributed by atoms with Gasteiger partial charge in [0.1, 0.15) is 6.04 Å². The lowest BCUT2D eigenvalue weighted by Crippen LogP contribution is -2.47. The Hall–Kier alpha value is -3.35. The fourth-order valence-electron chi connectivity index (χ4n) is 3.85. The highest BCUT2D eigenvalue weighted by atomic mass is 16.4. The van der Waals surface area contributed by atoms with E-state index in [4.69, 9.17) is 0 Å². The fourth-order valence-corrected chi connectivity index (χ4v) is 3.85. The lowest BCUT2D eigenvalue weighted by Gasteiger charge is -2.28. The molecule has 1 fully saturated rings. The van der Waals surface area contributed by atoms with E-state index in [9.17, 15) is 19.5 Å². The quantitative estimate of drug-likeness (QED) is 0.646. The number of nitrogens with one attached hydrogen (secondary N) is 1. The Kier molecular flexibility index (Phi) is 7.65. The zero-order valence-corrected chi connectivity index (χ0v) is 17.7. The van der Waals surface area contributed by atoms with Crippen LogP contribution in [0.5, 0.6) is 0 Å². The molecule has 0 aromatic heterocycles. The maximum atomic E-state index is 13.1. The fraction of sp³-hybridized carbons (Fsp3) is 0.375. The smallest absolute Gasteiger partial charge is 0.326 e. The number of para-hydroxylation sites is 1. The topological polar surface area (TPSA) is 90.0 Å². The van der Waals surface area contributed by atoms with Crippen molar-refractivity contribution in [2.45, 2.75) is 37.8 Å². The van der Waals surface area contributed by atoms with Crippen LogP contribution < -0.4 is 5.32 Å². The molecule has 1 aliphatic heterocycles. The van der Waals surface area contributed by atoms with E-state index in [1.807, 2.05) is 60.7 Å². The first-order valence-corrected chi connectivity index (χ1v) is 10.6. The van der Waals surface area contributed by atoms with Gasteiger partial charge in [-0.2, -0.15) is 0 Å². The second kappa shape index (κ2) is 10.6. The standard InChI is InChI=1S/C24H29N3O4/c1-26(24(31)27-15-8-13-21(27)23(29)30)16-14-22(28)20(17-18-9-4-2-5-10-18)25-19-11-6-3-7-12-19/h2-7,9-12,20-21,25H,8,13-17H2,1H3,(H,29,30)/t20?,21-/m0/s1. The van der Waals surface area contributed by atoms with Crippen molar-refractivity contribution in [3.63, 3.8) is 0 Å². The number of Topliss-reactive ketones (excluding diaryl/α,β-unsaturated/α-hetero) is 1. The zero-order valence-electron chi connectivity index (χ0n) is 17.7. The van der Waals surface area contributed by atoms with E-state index in [0.717, 1.165) is 11.3 Å². The third-order valence-corrected chi connectivity index (χ3v) is 5.59. The van der Waals surface area contributed by atoms with Gasteiger partial charge in [-0.25, -0.2) is 9.59 Å². The second-order valence-electron chi connectivity index (χ2n) is 7.86. The van der Waals surface area contributed by atoms with Gasteiger partial charge in [0.05, 0.1) is 6.04 Å². The Bertz CT molecular complexity index is 847. The molecule has 0 radical (unpaired) electrons. The summed E-state index contributed by atoms with van der Waals surface area (Å²) < 4.78 is 0. The van der Waals surface area contributed by atoms with Gasteiger partial charge in [0.15, 0.2) is 5.78 Å². The Balaban J connectivity index is 1.62. The highest BCUT2D eigenvalue weighted by Crippen LogP contribution is 2.19. The van der Waals surface area contributed by atoms with Crippen LogP contribution in [-0.2, 0) is 16.0 Å². The number of nitrogens with zero attached hydrogens (tertiary/aromatic N) is 2. The van der Waals surface area contributed by atoms with Crippen LogP contribution in [0.4, 0.5) is 10.5 Å². The molecule has 0 bridgehead atoms. The molecule has 1 unspecified atom stereocenters. The number of likely N-dealkylation sites (tertiary alicyclic amines) is 1. The van der Waals surface area contributed by atoms with Gasteiger partial charge < -0.3 is 20.2 Å².